The van der Waals surface area contributed by atoms with Gasteiger partial charge in [0, 0.05) is 17.3 Å². The molecular formula is C20H15N3O2. The molecule has 4 rings (SSSR count). The molecule has 0 radical (unpaired) electrons. The first-order valence-electron chi connectivity index (χ1n) is 7.87. The first-order chi connectivity index (χ1) is 12.1. The number of fused-ring (bicyclic) bond motifs is 1. The quantitative estimate of drug-likeness (QED) is 0.587. The number of carbonyl (C=O) groups is 1. The Morgan fingerprint density at radius 3 is 2.48 bits per heavy atom. The molecule has 4 aromatic rings. The van der Waals surface area contributed by atoms with Crippen molar-refractivity contribution in [3.05, 3.63) is 71.9 Å². The van der Waals surface area contributed by atoms with E-state index in [1.165, 1.54) is 0 Å². The third kappa shape index (κ3) is 2.76. The summed E-state index contributed by atoms with van der Waals surface area (Å²) >= 11 is 0. The number of hydrogen-bond donors (Lipinski definition) is 2. The van der Waals surface area contributed by atoms with Crippen LogP contribution in [0.1, 0.15) is 15.9 Å². The minimum absolute atomic E-state index is 0.235. The number of imidazole rings is 1. The Morgan fingerprint density at radius 2 is 1.80 bits per heavy atom. The van der Waals surface area contributed by atoms with Crippen molar-refractivity contribution in [2.24, 2.45) is 0 Å². The van der Waals surface area contributed by atoms with Gasteiger partial charge in [0.05, 0.1) is 22.3 Å². The lowest BCUT2D eigenvalue weighted by atomic mass is 10.1. The fraction of sp³-hybridized carbons (Fsp3) is 0.0500. The maximum absolute atomic E-state index is 11.5. The van der Waals surface area contributed by atoms with E-state index in [1.54, 1.807) is 12.3 Å². The Labute approximate surface area is 144 Å². The smallest absolute Gasteiger partial charge is 0.337 e. The summed E-state index contributed by atoms with van der Waals surface area (Å²) in [5.74, 6) is -0.315. The van der Waals surface area contributed by atoms with Crippen molar-refractivity contribution in [3.63, 3.8) is 0 Å². The molecule has 5 nitrogen and oxygen atoms in total. The number of aromatic carboxylic acids is 1. The van der Waals surface area contributed by atoms with Gasteiger partial charge in [0.25, 0.3) is 0 Å². The normalized spacial score (nSPS) is 10.9. The molecule has 0 fully saturated rings. The molecule has 25 heavy (non-hydrogen) atoms. The number of benzene rings is 2. The van der Waals surface area contributed by atoms with E-state index in [0.717, 1.165) is 22.4 Å². The standard InChI is InChI=1S/C20H15N3O2/c1-12-10-15(20(24)25)18-17(11-12)22-19(23-18)14-7-5-13(6-8-14)16-4-2-3-9-21-16/h2-11H,1H3,(H,22,23)(H,24,25). The topological polar surface area (TPSA) is 78.9 Å². The second-order valence-electron chi connectivity index (χ2n) is 5.89. The molecule has 5 heteroatoms. The van der Waals surface area contributed by atoms with Gasteiger partial charge in [-0.25, -0.2) is 9.78 Å². The van der Waals surface area contributed by atoms with E-state index in [9.17, 15) is 9.90 Å². The molecule has 122 valence electrons. The van der Waals surface area contributed by atoms with Crippen molar-refractivity contribution in [2.75, 3.05) is 0 Å². The van der Waals surface area contributed by atoms with Crippen LogP contribution in [-0.4, -0.2) is 26.0 Å². The number of nitrogens with one attached hydrogen (secondary N) is 1. The van der Waals surface area contributed by atoms with Crippen LogP contribution in [0.25, 0.3) is 33.7 Å². The van der Waals surface area contributed by atoms with Crippen molar-refractivity contribution in [2.45, 2.75) is 6.92 Å². The van der Waals surface area contributed by atoms with Crippen LogP contribution in [0, 0.1) is 6.92 Å². The molecule has 0 aliphatic carbocycles. The third-order valence-electron chi connectivity index (χ3n) is 4.09. The van der Waals surface area contributed by atoms with Crippen LogP contribution in [0.15, 0.2) is 60.8 Å². The van der Waals surface area contributed by atoms with E-state index >= 15 is 0 Å². The van der Waals surface area contributed by atoms with Crippen LogP contribution in [0.2, 0.25) is 0 Å². The fourth-order valence-corrected chi connectivity index (χ4v) is 2.89. The van der Waals surface area contributed by atoms with Crippen molar-refractivity contribution in [3.8, 4) is 22.6 Å². The number of nitrogens with zero attached hydrogens (tertiary/aromatic N) is 2. The van der Waals surface area contributed by atoms with Gasteiger partial charge < -0.3 is 10.1 Å². The highest BCUT2D eigenvalue weighted by Crippen LogP contribution is 2.26. The van der Waals surface area contributed by atoms with Gasteiger partial charge in [-0.3, -0.25) is 4.98 Å². The van der Waals surface area contributed by atoms with E-state index in [-0.39, 0.29) is 5.56 Å². The van der Waals surface area contributed by atoms with E-state index in [2.05, 4.69) is 15.0 Å². The minimum atomic E-state index is -0.964. The predicted molar refractivity (Wildman–Crippen MR) is 96.5 cm³/mol. The van der Waals surface area contributed by atoms with Crippen LogP contribution < -0.4 is 0 Å². The van der Waals surface area contributed by atoms with Crippen LogP contribution >= 0.6 is 0 Å². The molecule has 2 N–H and O–H groups in total. The number of aromatic amines is 1. The first-order valence-corrected chi connectivity index (χ1v) is 7.87. The van der Waals surface area contributed by atoms with Crippen molar-refractivity contribution in [1.29, 1.82) is 0 Å². The Balaban J connectivity index is 1.77. The molecule has 0 atom stereocenters. The van der Waals surface area contributed by atoms with Gasteiger partial charge in [-0.2, -0.15) is 0 Å². The van der Waals surface area contributed by atoms with Gasteiger partial charge in [0.15, 0.2) is 0 Å². The number of carboxylic acid groups (broad SMARTS) is 1. The third-order valence-corrected chi connectivity index (χ3v) is 4.09. The van der Waals surface area contributed by atoms with E-state index in [4.69, 9.17) is 0 Å². The number of hydrogen-bond acceptors (Lipinski definition) is 3. The molecule has 0 saturated heterocycles. The summed E-state index contributed by atoms with van der Waals surface area (Å²) < 4.78 is 0. The van der Waals surface area contributed by atoms with Crippen LogP contribution in [0.4, 0.5) is 0 Å². The highest BCUT2D eigenvalue weighted by atomic mass is 16.4. The van der Waals surface area contributed by atoms with Crippen molar-refractivity contribution >= 4 is 17.0 Å². The minimum Gasteiger partial charge on any atom is -0.478 e. The predicted octanol–water partition coefficient (Wildman–Crippen LogP) is 4.30. The lowest BCUT2D eigenvalue weighted by molar-refractivity contribution is 0.0698. The second kappa shape index (κ2) is 5.87. The summed E-state index contributed by atoms with van der Waals surface area (Å²) in [7, 11) is 0. The zero-order chi connectivity index (χ0) is 17.4. The van der Waals surface area contributed by atoms with Gasteiger partial charge >= 0.3 is 5.97 Å². The first kappa shape index (κ1) is 15.1. The molecule has 0 amide bonds. The average molecular weight is 329 g/mol. The van der Waals surface area contributed by atoms with Crippen LogP contribution in [0.5, 0.6) is 0 Å². The number of carboxylic acids is 1. The Hall–Kier alpha value is -3.47. The molecule has 2 aromatic carbocycles. The van der Waals surface area contributed by atoms with Crippen molar-refractivity contribution < 1.29 is 9.90 Å². The lowest BCUT2D eigenvalue weighted by Crippen LogP contribution is -1.98. The van der Waals surface area contributed by atoms with Gasteiger partial charge in [-0.1, -0.05) is 30.3 Å². The SMILES string of the molecule is Cc1cc(C(=O)O)c2[nH]c(-c3ccc(-c4ccccn4)cc3)nc2c1. The van der Waals surface area contributed by atoms with Crippen molar-refractivity contribution in [1.82, 2.24) is 15.0 Å². The highest BCUT2D eigenvalue weighted by Gasteiger charge is 2.14. The highest BCUT2D eigenvalue weighted by molar-refractivity contribution is 6.02. The summed E-state index contributed by atoms with van der Waals surface area (Å²) in [6.45, 7) is 1.86. The Bertz CT molecular complexity index is 1070. The molecular weight excluding hydrogens is 314 g/mol. The molecule has 0 bridgehead atoms. The molecule has 0 unspecified atom stereocenters. The van der Waals surface area contributed by atoms with Gasteiger partial charge in [0.1, 0.15) is 5.82 Å². The molecule has 0 saturated carbocycles. The van der Waals surface area contributed by atoms with E-state index in [0.29, 0.717) is 16.9 Å². The number of pyridine rings is 1. The number of rotatable bonds is 3. The fourth-order valence-electron chi connectivity index (χ4n) is 2.89. The Kier molecular flexibility index (Phi) is 3.54. The number of aryl methyl sites for hydroxylation is 1. The average Bonchev–Trinajstić information content (AvgIpc) is 3.05. The molecule has 2 heterocycles. The van der Waals surface area contributed by atoms with Gasteiger partial charge in [-0.05, 0) is 36.8 Å². The molecule has 0 aliphatic heterocycles. The van der Waals surface area contributed by atoms with Crippen LogP contribution in [0.3, 0.4) is 0 Å². The number of H-pyrrole nitrogens is 1. The van der Waals surface area contributed by atoms with Crippen LogP contribution in [-0.2, 0) is 0 Å². The zero-order valence-corrected chi connectivity index (χ0v) is 13.5. The maximum atomic E-state index is 11.5. The summed E-state index contributed by atoms with van der Waals surface area (Å²) in [6.07, 6.45) is 1.76. The molecule has 0 spiro atoms. The monoisotopic (exact) mass is 329 g/mol. The van der Waals surface area contributed by atoms with Gasteiger partial charge in [-0.15, -0.1) is 0 Å². The summed E-state index contributed by atoms with van der Waals surface area (Å²) in [5, 5.41) is 9.39. The lowest BCUT2D eigenvalue weighted by Gasteiger charge is -2.02. The zero-order valence-electron chi connectivity index (χ0n) is 13.5. The maximum Gasteiger partial charge on any atom is 0.337 e. The molecule has 2 aromatic heterocycles. The number of aromatic nitrogens is 3. The van der Waals surface area contributed by atoms with E-state index < -0.39 is 5.97 Å². The summed E-state index contributed by atoms with van der Waals surface area (Å²) in [6, 6.07) is 17.2. The summed E-state index contributed by atoms with van der Waals surface area (Å²) in [4.78, 5) is 23.5. The Morgan fingerprint density at radius 1 is 1.04 bits per heavy atom. The van der Waals surface area contributed by atoms with Gasteiger partial charge in [0.2, 0.25) is 0 Å². The largest absolute Gasteiger partial charge is 0.478 e. The second-order valence-corrected chi connectivity index (χ2v) is 5.89. The summed E-state index contributed by atoms with van der Waals surface area (Å²) in [5.41, 5.74) is 5.12. The molecule has 0 aliphatic rings. The van der Waals surface area contributed by atoms with E-state index in [1.807, 2.05) is 55.5 Å².